The molecule has 0 aromatic heterocycles. The van der Waals surface area contributed by atoms with E-state index in [1.54, 1.807) is 32.0 Å². The van der Waals surface area contributed by atoms with Crippen LogP contribution in [0, 0.1) is 19.7 Å². The Balaban J connectivity index is 2.47. The summed E-state index contributed by atoms with van der Waals surface area (Å²) >= 11 is 0. The minimum Gasteiger partial charge on any atom is -0.350 e. The van der Waals surface area contributed by atoms with E-state index >= 15 is 0 Å². The van der Waals surface area contributed by atoms with Gasteiger partial charge in [-0.25, -0.2) is 12.8 Å². The predicted octanol–water partition coefficient (Wildman–Crippen LogP) is 3.54. The Hall–Kier alpha value is -2.94. The van der Waals surface area contributed by atoms with Crippen LogP contribution in [0.2, 0.25) is 0 Å². The number of aryl methyl sites for hydroxylation is 1. The maximum atomic E-state index is 14.4. The van der Waals surface area contributed by atoms with Crippen molar-refractivity contribution < 1.29 is 22.4 Å². The van der Waals surface area contributed by atoms with Crippen LogP contribution in [0.4, 0.5) is 10.1 Å². The number of carbonyl (C=O) groups excluding carboxylic acids is 2. The highest BCUT2D eigenvalue weighted by Gasteiger charge is 2.32. The minimum absolute atomic E-state index is 0.186. The van der Waals surface area contributed by atoms with Gasteiger partial charge in [0.1, 0.15) is 18.4 Å². The first kappa shape index (κ1) is 27.3. The SMILES string of the molecule is Cc1cccc(N(CC(=O)N(Cc2ccccc2F)[C@H](C)C(=O)NC(C)(C)C)S(C)(=O)=O)c1C. The molecule has 0 spiro atoms. The van der Waals surface area contributed by atoms with Crippen LogP contribution >= 0.6 is 0 Å². The lowest BCUT2D eigenvalue weighted by atomic mass is 10.1. The van der Waals surface area contributed by atoms with Crippen LogP contribution in [0.15, 0.2) is 42.5 Å². The molecule has 0 unspecified atom stereocenters. The zero-order valence-corrected chi connectivity index (χ0v) is 21.7. The van der Waals surface area contributed by atoms with Gasteiger partial charge in [0.15, 0.2) is 0 Å². The maximum absolute atomic E-state index is 14.4. The summed E-state index contributed by atoms with van der Waals surface area (Å²) in [6, 6.07) is 10.2. The molecule has 2 amide bonds. The second-order valence-corrected chi connectivity index (χ2v) is 11.4. The molecule has 1 N–H and O–H groups in total. The third-order valence-corrected chi connectivity index (χ3v) is 6.61. The van der Waals surface area contributed by atoms with Crippen molar-refractivity contribution in [3.8, 4) is 0 Å². The average Bonchev–Trinajstić information content (AvgIpc) is 2.71. The highest BCUT2D eigenvalue weighted by Crippen LogP contribution is 2.25. The number of benzene rings is 2. The molecule has 2 rings (SSSR count). The van der Waals surface area contributed by atoms with Gasteiger partial charge < -0.3 is 10.2 Å². The molecule has 9 heteroatoms. The standard InChI is InChI=1S/C25H34FN3O4S/c1-17-11-10-14-22(18(17)2)29(34(7,32)33)16-23(30)28(15-20-12-8-9-13-21(20)26)19(3)24(31)27-25(4,5)6/h8-14,19H,15-16H2,1-7H3,(H,27,31)/t19-/m1/s1. The van der Waals surface area contributed by atoms with Crippen LogP contribution in [0.25, 0.3) is 0 Å². The lowest BCUT2D eigenvalue weighted by molar-refractivity contribution is -0.140. The third-order valence-electron chi connectivity index (χ3n) is 5.49. The largest absolute Gasteiger partial charge is 0.350 e. The van der Waals surface area contributed by atoms with Gasteiger partial charge in [0.05, 0.1) is 11.9 Å². The van der Waals surface area contributed by atoms with E-state index in [0.717, 1.165) is 21.7 Å². The summed E-state index contributed by atoms with van der Waals surface area (Å²) in [6.45, 7) is 9.90. The molecule has 0 saturated carbocycles. The average molecular weight is 492 g/mol. The smallest absolute Gasteiger partial charge is 0.244 e. The Labute approximate surface area is 202 Å². The van der Waals surface area contributed by atoms with Crippen LogP contribution < -0.4 is 9.62 Å². The van der Waals surface area contributed by atoms with Crippen LogP contribution in [0.1, 0.15) is 44.4 Å². The van der Waals surface area contributed by atoms with Gasteiger partial charge in [0, 0.05) is 17.6 Å². The summed E-state index contributed by atoms with van der Waals surface area (Å²) in [4.78, 5) is 27.6. The van der Waals surface area contributed by atoms with Gasteiger partial charge in [0.2, 0.25) is 21.8 Å². The van der Waals surface area contributed by atoms with Gasteiger partial charge in [-0.15, -0.1) is 0 Å². The zero-order valence-electron chi connectivity index (χ0n) is 20.8. The lowest BCUT2D eigenvalue weighted by Crippen LogP contribution is -2.54. The lowest BCUT2D eigenvalue weighted by Gasteiger charge is -2.33. The Bertz CT molecular complexity index is 1160. The fraction of sp³-hybridized carbons (Fsp3) is 0.440. The van der Waals surface area contributed by atoms with Crippen molar-refractivity contribution in [3.63, 3.8) is 0 Å². The summed E-state index contributed by atoms with van der Waals surface area (Å²) in [7, 11) is -3.83. The van der Waals surface area contributed by atoms with Crippen molar-refractivity contribution >= 4 is 27.5 Å². The van der Waals surface area contributed by atoms with Crippen molar-refractivity contribution in [3.05, 3.63) is 65.0 Å². The van der Waals surface area contributed by atoms with E-state index in [4.69, 9.17) is 0 Å². The minimum atomic E-state index is -3.83. The molecule has 186 valence electrons. The summed E-state index contributed by atoms with van der Waals surface area (Å²) in [5.41, 5.74) is 1.66. The van der Waals surface area contributed by atoms with E-state index < -0.39 is 45.8 Å². The molecule has 0 heterocycles. The molecule has 1 atom stereocenters. The van der Waals surface area contributed by atoms with Crippen LogP contribution in [-0.4, -0.2) is 49.5 Å². The van der Waals surface area contributed by atoms with Crippen molar-refractivity contribution in [2.75, 3.05) is 17.1 Å². The molecule has 34 heavy (non-hydrogen) atoms. The van der Waals surface area contributed by atoms with Crippen LogP contribution in [0.3, 0.4) is 0 Å². The summed E-state index contributed by atoms with van der Waals surface area (Å²) < 4.78 is 40.8. The number of nitrogens with zero attached hydrogens (tertiary/aromatic N) is 2. The second kappa shape index (κ2) is 10.5. The highest BCUT2D eigenvalue weighted by atomic mass is 32.2. The highest BCUT2D eigenvalue weighted by molar-refractivity contribution is 7.92. The quantitative estimate of drug-likeness (QED) is 0.612. The molecule has 2 aromatic carbocycles. The first-order chi connectivity index (χ1) is 15.6. The summed E-state index contributed by atoms with van der Waals surface area (Å²) in [5.74, 6) is -1.56. The molecule has 0 aliphatic heterocycles. The van der Waals surface area contributed by atoms with Crippen molar-refractivity contribution in [2.45, 2.75) is 59.7 Å². The molecule has 0 aliphatic rings. The molecular weight excluding hydrogens is 457 g/mol. The topological polar surface area (TPSA) is 86.8 Å². The molecule has 2 aromatic rings. The van der Waals surface area contributed by atoms with Gasteiger partial charge in [-0.05, 0) is 64.8 Å². The monoisotopic (exact) mass is 491 g/mol. The Kier molecular flexibility index (Phi) is 8.47. The Morgan fingerprint density at radius 1 is 1.06 bits per heavy atom. The van der Waals surface area contributed by atoms with Gasteiger partial charge in [-0.1, -0.05) is 30.3 Å². The normalized spacial score (nSPS) is 12.7. The molecular formula is C25H34FN3O4S. The number of hydrogen-bond donors (Lipinski definition) is 1. The van der Waals surface area contributed by atoms with E-state index in [9.17, 15) is 22.4 Å². The fourth-order valence-corrected chi connectivity index (χ4v) is 4.37. The van der Waals surface area contributed by atoms with Gasteiger partial charge in [0.25, 0.3) is 0 Å². The van der Waals surface area contributed by atoms with Crippen molar-refractivity contribution in [2.24, 2.45) is 0 Å². The zero-order chi connectivity index (χ0) is 25.8. The van der Waals surface area contributed by atoms with E-state index in [1.165, 1.54) is 23.1 Å². The number of sulfonamides is 1. The first-order valence-electron chi connectivity index (χ1n) is 11.0. The predicted molar refractivity (Wildman–Crippen MR) is 132 cm³/mol. The number of carbonyl (C=O) groups is 2. The summed E-state index contributed by atoms with van der Waals surface area (Å²) in [6.07, 6.45) is 1.03. The number of hydrogen-bond acceptors (Lipinski definition) is 4. The number of nitrogens with one attached hydrogen (secondary N) is 1. The van der Waals surface area contributed by atoms with E-state index in [1.807, 2.05) is 33.8 Å². The van der Waals surface area contributed by atoms with Crippen molar-refractivity contribution in [1.29, 1.82) is 0 Å². The third kappa shape index (κ3) is 7.03. The van der Waals surface area contributed by atoms with E-state index in [2.05, 4.69) is 5.32 Å². The molecule has 0 aliphatic carbocycles. The molecule has 0 fully saturated rings. The van der Waals surface area contributed by atoms with Gasteiger partial charge in [-0.3, -0.25) is 13.9 Å². The van der Waals surface area contributed by atoms with Crippen molar-refractivity contribution in [1.82, 2.24) is 10.2 Å². The van der Waals surface area contributed by atoms with E-state index in [-0.39, 0.29) is 12.1 Å². The molecule has 0 radical (unpaired) electrons. The van der Waals surface area contributed by atoms with Gasteiger partial charge in [-0.2, -0.15) is 0 Å². The van der Waals surface area contributed by atoms with Crippen LogP contribution in [-0.2, 0) is 26.2 Å². The Morgan fingerprint density at radius 3 is 2.24 bits per heavy atom. The number of rotatable bonds is 8. The van der Waals surface area contributed by atoms with E-state index in [0.29, 0.717) is 5.69 Å². The second-order valence-electron chi connectivity index (χ2n) is 9.52. The summed E-state index contributed by atoms with van der Waals surface area (Å²) in [5, 5.41) is 2.83. The maximum Gasteiger partial charge on any atom is 0.244 e. The number of halogens is 1. The van der Waals surface area contributed by atoms with Crippen LogP contribution in [0.5, 0.6) is 0 Å². The first-order valence-corrected chi connectivity index (χ1v) is 12.9. The fourth-order valence-electron chi connectivity index (χ4n) is 3.47. The number of anilines is 1. The molecule has 7 nitrogen and oxygen atoms in total. The molecule has 0 bridgehead atoms. The Morgan fingerprint density at radius 2 is 1.68 bits per heavy atom. The molecule has 0 saturated heterocycles. The van der Waals surface area contributed by atoms with Gasteiger partial charge >= 0.3 is 0 Å². The number of amides is 2.